The highest BCUT2D eigenvalue weighted by Gasteiger charge is 2.09. The molecule has 0 aliphatic heterocycles. The number of rotatable bonds is 5. The van der Waals surface area contributed by atoms with Gasteiger partial charge in [0.15, 0.2) is 0 Å². The van der Waals surface area contributed by atoms with Crippen molar-refractivity contribution in [3.63, 3.8) is 0 Å². The summed E-state index contributed by atoms with van der Waals surface area (Å²) in [7, 11) is 1.59. The van der Waals surface area contributed by atoms with Crippen LogP contribution in [0.2, 0.25) is 5.02 Å². The van der Waals surface area contributed by atoms with Gasteiger partial charge in [-0.3, -0.25) is 0 Å². The van der Waals surface area contributed by atoms with E-state index in [1.165, 1.54) is 0 Å². The van der Waals surface area contributed by atoms with Gasteiger partial charge in [0.25, 0.3) is 0 Å². The molecule has 0 radical (unpaired) electrons. The van der Waals surface area contributed by atoms with E-state index in [-0.39, 0.29) is 6.54 Å². The van der Waals surface area contributed by atoms with Crippen molar-refractivity contribution in [1.82, 2.24) is 0 Å². The van der Waals surface area contributed by atoms with Crippen LogP contribution in [0.3, 0.4) is 0 Å². The fourth-order valence-electron chi connectivity index (χ4n) is 1.91. The minimum absolute atomic E-state index is 0.279. The number of halogens is 1. The first-order chi connectivity index (χ1) is 10.1. The SMILES string of the molecule is COc1ccc(C(O)CNc2cc(Cl)ccc2C#N)cc1. The van der Waals surface area contributed by atoms with Crippen LogP contribution >= 0.6 is 11.6 Å². The molecule has 2 aromatic rings. The fraction of sp³-hybridized carbons (Fsp3) is 0.188. The maximum absolute atomic E-state index is 10.2. The summed E-state index contributed by atoms with van der Waals surface area (Å²) < 4.78 is 5.07. The van der Waals surface area contributed by atoms with Crippen molar-refractivity contribution in [2.24, 2.45) is 0 Å². The number of benzene rings is 2. The molecule has 0 saturated carbocycles. The first kappa shape index (κ1) is 15.2. The second-order valence-electron chi connectivity index (χ2n) is 4.47. The average molecular weight is 303 g/mol. The van der Waals surface area contributed by atoms with Crippen LogP contribution in [0.25, 0.3) is 0 Å². The van der Waals surface area contributed by atoms with Gasteiger partial charge in [0, 0.05) is 11.6 Å². The summed E-state index contributed by atoms with van der Waals surface area (Å²) in [5, 5.41) is 22.8. The zero-order valence-corrected chi connectivity index (χ0v) is 12.3. The molecule has 0 fully saturated rings. The molecule has 4 nitrogen and oxygen atoms in total. The highest BCUT2D eigenvalue weighted by molar-refractivity contribution is 6.30. The summed E-state index contributed by atoms with van der Waals surface area (Å²) in [6.45, 7) is 0.279. The molecule has 0 aliphatic rings. The first-order valence-corrected chi connectivity index (χ1v) is 6.77. The van der Waals surface area contributed by atoms with Crippen molar-refractivity contribution in [3.8, 4) is 11.8 Å². The third-order valence-corrected chi connectivity index (χ3v) is 3.32. The van der Waals surface area contributed by atoms with Gasteiger partial charge >= 0.3 is 0 Å². The van der Waals surface area contributed by atoms with Crippen LogP contribution in [-0.2, 0) is 0 Å². The molecule has 0 amide bonds. The summed E-state index contributed by atoms with van der Waals surface area (Å²) in [5.74, 6) is 0.737. The number of ether oxygens (including phenoxy) is 1. The van der Waals surface area contributed by atoms with Crippen LogP contribution in [0.4, 0.5) is 5.69 Å². The lowest BCUT2D eigenvalue weighted by Gasteiger charge is -2.14. The zero-order chi connectivity index (χ0) is 15.2. The summed E-state index contributed by atoms with van der Waals surface area (Å²) in [6.07, 6.45) is -0.693. The molecule has 0 bridgehead atoms. The lowest BCUT2D eigenvalue weighted by molar-refractivity contribution is 0.191. The van der Waals surface area contributed by atoms with Crippen molar-refractivity contribution >= 4 is 17.3 Å². The fourth-order valence-corrected chi connectivity index (χ4v) is 2.08. The number of hydrogen-bond donors (Lipinski definition) is 2. The largest absolute Gasteiger partial charge is 0.497 e. The van der Waals surface area contributed by atoms with Crippen LogP contribution in [0.5, 0.6) is 5.75 Å². The van der Waals surface area contributed by atoms with Crippen molar-refractivity contribution in [2.75, 3.05) is 19.0 Å². The topological polar surface area (TPSA) is 65.3 Å². The second kappa shape index (κ2) is 6.98. The van der Waals surface area contributed by atoms with E-state index >= 15 is 0 Å². The molecule has 2 N–H and O–H groups in total. The van der Waals surface area contributed by atoms with E-state index < -0.39 is 6.10 Å². The van der Waals surface area contributed by atoms with Gasteiger partial charge < -0.3 is 15.2 Å². The Bertz CT molecular complexity index is 650. The summed E-state index contributed by atoms with van der Waals surface area (Å²) in [5.41, 5.74) is 1.86. The number of aliphatic hydroxyl groups is 1. The normalized spacial score (nSPS) is 11.5. The van der Waals surface area contributed by atoms with Gasteiger partial charge in [-0.25, -0.2) is 0 Å². The van der Waals surface area contributed by atoms with Gasteiger partial charge in [-0.05, 0) is 35.9 Å². The van der Waals surface area contributed by atoms with Crippen molar-refractivity contribution in [2.45, 2.75) is 6.10 Å². The number of anilines is 1. The van der Waals surface area contributed by atoms with Crippen molar-refractivity contribution in [3.05, 3.63) is 58.6 Å². The van der Waals surface area contributed by atoms with E-state index in [0.717, 1.165) is 11.3 Å². The third-order valence-electron chi connectivity index (χ3n) is 3.09. The number of methoxy groups -OCH3 is 1. The smallest absolute Gasteiger partial charge is 0.118 e. The molecular formula is C16H15ClN2O2. The predicted octanol–water partition coefficient (Wildman–Crippen LogP) is 3.37. The molecule has 0 aromatic heterocycles. The Morgan fingerprint density at radius 1 is 1.29 bits per heavy atom. The molecule has 108 valence electrons. The van der Waals surface area contributed by atoms with Crippen molar-refractivity contribution < 1.29 is 9.84 Å². The van der Waals surface area contributed by atoms with Crippen LogP contribution < -0.4 is 10.1 Å². The van der Waals surface area contributed by atoms with E-state index in [2.05, 4.69) is 11.4 Å². The van der Waals surface area contributed by atoms with Gasteiger partial charge in [-0.1, -0.05) is 23.7 Å². The molecule has 0 heterocycles. The lowest BCUT2D eigenvalue weighted by Crippen LogP contribution is -2.12. The molecular weight excluding hydrogens is 288 g/mol. The zero-order valence-electron chi connectivity index (χ0n) is 11.5. The summed E-state index contributed by atoms with van der Waals surface area (Å²) in [6, 6.07) is 14.2. The standard InChI is InChI=1S/C16H15ClN2O2/c1-21-14-6-3-11(4-7-14)16(20)10-19-15-8-13(17)5-2-12(15)9-18/h2-8,16,19-20H,10H2,1H3. The minimum atomic E-state index is -0.693. The van der Waals surface area contributed by atoms with Crippen LogP contribution in [0.1, 0.15) is 17.2 Å². The number of hydrogen-bond acceptors (Lipinski definition) is 4. The Kier molecular flexibility index (Phi) is 5.04. The summed E-state index contributed by atoms with van der Waals surface area (Å²) in [4.78, 5) is 0. The Balaban J connectivity index is 2.05. The van der Waals surface area contributed by atoms with E-state index in [0.29, 0.717) is 16.3 Å². The van der Waals surface area contributed by atoms with E-state index in [1.54, 1.807) is 49.6 Å². The molecule has 0 spiro atoms. The van der Waals surface area contributed by atoms with Crippen LogP contribution in [-0.4, -0.2) is 18.8 Å². The van der Waals surface area contributed by atoms with Gasteiger partial charge in [0.1, 0.15) is 11.8 Å². The highest BCUT2D eigenvalue weighted by atomic mass is 35.5. The molecule has 1 atom stereocenters. The molecule has 1 unspecified atom stereocenters. The first-order valence-electron chi connectivity index (χ1n) is 6.39. The number of nitrogens with one attached hydrogen (secondary N) is 1. The monoisotopic (exact) mass is 302 g/mol. The van der Waals surface area contributed by atoms with Gasteiger partial charge in [0.05, 0.1) is 24.5 Å². The average Bonchev–Trinajstić information content (AvgIpc) is 2.52. The summed E-state index contributed by atoms with van der Waals surface area (Å²) >= 11 is 5.91. The molecule has 21 heavy (non-hydrogen) atoms. The molecule has 2 rings (SSSR count). The van der Waals surface area contributed by atoms with Crippen molar-refractivity contribution in [1.29, 1.82) is 5.26 Å². The molecule has 2 aromatic carbocycles. The predicted molar refractivity (Wildman–Crippen MR) is 82.6 cm³/mol. The minimum Gasteiger partial charge on any atom is -0.497 e. The highest BCUT2D eigenvalue weighted by Crippen LogP contribution is 2.22. The maximum atomic E-state index is 10.2. The molecule has 0 saturated heterocycles. The van der Waals surface area contributed by atoms with Gasteiger partial charge in [0.2, 0.25) is 0 Å². The van der Waals surface area contributed by atoms with E-state index in [1.807, 2.05) is 0 Å². The Morgan fingerprint density at radius 2 is 2.00 bits per heavy atom. The number of aliphatic hydroxyl groups excluding tert-OH is 1. The Labute approximate surface area is 128 Å². The molecule has 5 heteroatoms. The van der Waals surface area contributed by atoms with Gasteiger partial charge in [-0.2, -0.15) is 5.26 Å². The maximum Gasteiger partial charge on any atom is 0.118 e. The van der Waals surface area contributed by atoms with Crippen LogP contribution in [0, 0.1) is 11.3 Å². The lowest BCUT2D eigenvalue weighted by atomic mass is 10.1. The van der Waals surface area contributed by atoms with Crippen LogP contribution in [0.15, 0.2) is 42.5 Å². The number of nitriles is 1. The quantitative estimate of drug-likeness (QED) is 0.889. The Hall–Kier alpha value is -2.22. The Morgan fingerprint density at radius 3 is 2.62 bits per heavy atom. The van der Waals surface area contributed by atoms with Gasteiger partial charge in [-0.15, -0.1) is 0 Å². The number of nitrogens with zero attached hydrogens (tertiary/aromatic N) is 1. The molecule has 0 aliphatic carbocycles. The third kappa shape index (κ3) is 3.88. The van der Waals surface area contributed by atoms with E-state index in [9.17, 15) is 5.11 Å². The second-order valence-corrected chi connectivity index (χ2v) is 4.91. The van der Waals surface area contributed by atoms with E-state index in [4.69, 9.17) is 21.6 Å².